The lowest BCUT2D eigenvalue weighted by molar-refractivity contribution is -0.384. The van der Waals surface area contributed by atoms with Gasteiger partial charge in [-0.15, -0.1) is 0 Å². The van der Waals surface area contributed by atoms with Crippen LogP contribution in [0.25, 0.3) is 10.9 Å². The van der Waals surface area contributed by atoms with E-state index in [1.807, 2.05) is 22.9 Å². The third-order valence-electron chi connectivity index (χ3n) is 2.85. The van der Waals surface area contributed by atoms with Gasteiger partial charge in [-0.2, -0.15) is 0 Å². The van der Waals surface area contributed by atoms with Crippen molar-refractivity contribution in [2.75, 3.05) is 0 Å². The van der Waals surface area contributed by atoms with Gasteiger partial charge in [0.2, 0.25) is 0 Å². The molecule has 0 saturated heterocycles. The second-order valence-corrected chi connectivity index (χ2v) is 4.17. The predicted molar refractivity (Wildman–Crippen MR) is 69.7 cm³/mol. The summed E-state index contributed by atoms with van der Waals surface area (Å²) in [5.41, 5.74) is 1.72. The van der Waals surface area contributed by atoms with Gasteiger partial charge in [0.05, 0.1) is 29.0 Å². The van der Waals surface area contributed by atoms with Crippen molar-refractivity contribution in [2.45, 2.75) is 6.54 Å². The number of hydrogen-bond donors (Lipinski definition) is 0. The summed E-state index contributed by atoms with van der Waals surface area (Å²) in [5, 5.41) is 11.5. The SMILES string of the molecule is O=[N+]([O-])c1ccc2nc(Cn3ccnc3)ccc2c1. The number of pyridine rings is 1. The van der Waals surface area contributed by atoms with Crippen molar-refractivity contribution < 1.29 is 4.92 Å². The molecule has 6 heteroatoms. The molecule has 0 atom stereocenters. The first-order valence-corrected chi connectivity index (χ1v) is 5.72. The maximum atomic E-state index is 10.7. The van der Waals surface area contributed by atoms with Crippen LogP contribution in [0.5, 0.6) is 0 Å². The molecule has 0 N–H and O–H groups in total. The van der Waals surface area contributed by atoms with E-state index in [1.54, 1.807) is 18.6 Å². The van der Waals surface area contributed by atoms with Crippen LogP contribution < -0.4 is 0 Å². The van der Waals surface area contributed by atoms with Gasteiger partial charge in [-0.05, 0) is 12.1 Å². The molecular weight excluding hydrogens is 244 g/mol. The molecule has 0 spiro atoms. The molecule has 0 unspecified atom stereocenters. The molecule has 3 aromatic rings. The normalized spacial score (nSPS) is 10.7. The van der Waals surface area contributed by atoms with Crippen molar-refractivity contribution in [3.8, 4) is 0 Å². The number of rotatable bonds is 3. The summed E-state index contributed by atoms with van der Waals surface area (Å²) in [6.07, 6.45) is 5.30. The van der Waals surface area contributed by atoms with Gasteiger partial charge in [0.1, 0.15) is 0 Å². The van der Waals surface area contributed by atoms with Gasteiger partial charge < -0.3 is 4.57 Å². The van der Waals surface area contributed by atoms with Gasteiger partial charge in [0.25, 0.3) is 5.69 Å². The maximum Gasteiger partial charge on any atom is 0.270 e. The number of nitro benzene ring substituents is 1. The topological polar surface area (TPSA) is 73.8 Å². The van der Waals surface area contributed by atoms with Crippen molar-refractivity contribution in [2.24, 2.45) is 0 Å². The summed E-state index contributed by atoms with van der Waals surface area (Å²) in [7, 11) is 0. The van der Waals surface area contributed by atoms with E-state index < -0.39 is 4.92 Å². The highest BCUT2D eigenvalue weighted by Gasteiger charge is 2.07. The Hall–Kier alpha value is -2.76. The quantitative estimate of drug-likeness (QED) is 0.531. The van der Waals surface area contributed by atoms with E-state index in [2.05, 4.69) is 9.97 Å². The molecular formula is C13H10N4O2. The van der Waals surface area contributed by atoms with Crippen LogP contribution >= 0.6 is 0 Å². The van der Waals surface area contributed by atoms with E-state index >= 15 is 0 Å². The third-order valence-corrected chi connectivity index (χ3v) is 2.85. The van der Waals surface area contributed by atoms with E-state index in [4.69, 9.17) is 0 Å². The van der Waals surface area contributed by atoms with Crippen LogP contribution in [-0.4, -0.2) is 19.5 Å². The second-order valence-electron chi connectivity index (χ2n) is 4.17. The van der Waals surface area contributed by atoms with Gasteiger partial charge in [-0.3, -0.25) is 15.1 Å². The Kier molecular flexibility index (Phi) is 2.68. The van der Waals surface area contributed by atoms with Gasteiger partial charge in [0.15, 0.2) is 0 Å². The van der Waals surface area contributed by atoms with Gasteiger partial charge in [-0.1, -0.05) is 6.07 Å². The molecule has 0 aliphatic heterocycles. The Morgan fingerprint density at radius 1 is 1.26 bits per heavy atom. The molecule has 0 fully saturated rings. The molecule has 0 radical (unpaired) electrons. The number of fused-ring (bicyclic) bond motifs is 1. The molecule has 3 rings (SSSR count). The Balaban J connectivity index is 1.97. The minimum absolute atomic E-state index is 0.0802. The molecule has 2 heterocycles. The fourth-order valence-corrected chi connectivity index (χ4v) is 1.92. The Morgan fingerprint density at radius 3 is 2.89 bits per heavy atom. The average Bonchev–Trinajstić information content (AvgIpc) is 2.91. The number of non-ortho nitro benzene ring substituents is 1. The molecule has 6 nitrogen and oxygen atoms in total. The minimum atomic E-state index is -0.404. The molecule has 0 aliphatic rings. The van der Waals surface area contributed by atoms with Crippen LogP contribution in [-0.2, 0) is 6.54 Å². The zero-order valence-corrected chi connectivity index (χ0v) is 9.93. The standard InChI is InChI=1S/C13H10N4O2/c18-17(19)12-3-4-13-10(7-12)1-2-11(15-13)8-16-6-5-14-9-16/h1-7,9H,8H2. The smallest absolute Gasteiger partial charge is 0.270 e. The predicted octanol–water partition coefficient (Wildman–Crippen LogP) is 2.39. The molecule has 0 bridgehead atoms. The zero-order valence-electron chi connectivity index (χ0n) is 9.93. The summed E-state index contributed by atoms with van der Waals surface area (Å²) < 4.78 is 1.92. The van der Waals surface area contributed by atoms with Crippen molar-refractivity contribution in [3.05, 3.63) is 64.9 Å². The number of aromatic nitrogens is 3. The number of hydrogen-bond acceptors (Lipinski definition) is 4. The zero-order chi connectivity index (χ0) is 13.2. The van der Waals surface area contributed by atoms with E-state index in [0.717, 1.165) is 16.6 Å². The molecule has 94 valence electrons. The lowest BCUT2D eigenvalue weighted by Crippen LogP contribution is -1.99. The van der Waals surface area contributed by atoms with E-state index in [0.29, 0.717) is 6.54 Å². The number of imidazole rings is 1. The first-order chi connectivity index (χ1) is 9.22. The molecule has 2 aromatic heterocycles. The van der Waals surface area contributed by atoms with Crippen LogP contribution in [0.4, 0.5) is 5.69 Å². The number of nitro groups is 1. The monoisotopic (exact) mass is 254 g/mol. The van der Waals surface area contributed by atoms with E-state index in [-0.39, 0.29) is 5.69 Å². The van der Waals surface area contributed by atoms with Crippen LogP contribution in [0.15, 0.2) is 49.1 Å². The van der Waals surface area contributed by atoms with E-state index in [9.17, 15) is 10.1 Å². The van der Waals surface area contributed by atoms with Crippen molar-refractivity contribution in [3.63, 3.8) is 0 Å². The largest absolute Gasteiger partial charge is 0.331 e. The second kappa shape index (κ2) is 4.49. The van der Waals surface area contributed by atoms with E-state index in [1.165, 1.54) is 12.1 Å². The summed E-state index contributed by atoms with van der Waals surface area (Å²) in [6.45, 7) is 0.632. The fourth-order valence-electron chi connectivity index (χ4n) is 1.92. The van der Waals surface area contributed by atoms with Crippen molar-refractivity contribution in [1.29, 1.82) is 0 Å². The first-order valence-electron chi connectivity index (χ1n) is 5.72. The summed E-state index contributed by atoms with van der Waals surface area (Å²) in [6, 6.07) is 8.39. The Bertz CT molecular complexity index is 737. The third kappa shape index (κ3) is 2.28. The molecule has 0 amide bonds. The lowest BCUT2D eigenvalue weighted by atomic mass is 10.2. The Morgan fingerprint density at radius 2 is 2.16 bits per heavy atom. The summed E-state index contributed by atoms with van der Waals surface area (Å²) >= 11 is 0. The Labute approximate surface area is 108 Å². The highest BCUT2D eigenvalue weighted by atomic mass is 16.6. The van der Waals surface area contributed by atoms with Gasteiger partial charge in [0, 0.05) is 29.9 Å². The molecule has 1 aromatic carbocycles. The summed E-state index contributed by atoms with van der Waals surface area (Å²) in [4.78, 5) is 18.7. The number of benzene rings is 1. The molecule has 19 heavy (non-hydrogen) atoms. The highest BCUT2D eigenvalue weighted by molar-refractivity contribution is 5.81. The van der Waals surface area contributed by atoms with Crippen LogP contribution in [0.1, 0.15) is 5.69 Å². The van der Waals surface area contributed by atoms with Gasteiger partial charge in [-0.25, -0.2) is 4.98 Å². The van der Waals surface area contributed by atoms with Crippen LogP contribution in [0, 0.1) is 10.1 Å². The molecule has 0 aliphatic carbocycles. The van der Waals surface area contributed by atoms with Gasteiger partial charge >= 0.3 is 0 Å². The average molecular weight is 254 g/mol. The van der Waals surface area contributed by atoms with Crippen molar-refractivity contribution >= 4 is 16.6 Å². The maximum absolute atomic E-state index is 10.7. The summed E-state index contributed by atoms with van der Waals surface area (Å²) in [5.74, 6) is 0. The van der Waals surface area contributed by atoms with Crippen LogP contribution in [0.3, 0.4) is 0 Å². The van der Waals surface area contributed by atoms with Crippen molar-refractivity contribution in [1.82, 2.24) is 14.5 Å². The first kappa shape index (κ1) is 11.3. The number of nitrogens with zero attached hydrogens (tertiary/aromatic N) is 4. The van der Waals surface area contributed by atoms with Crippen LogP contribution in [0.2, 0.25) is 0 Å². The highest BCUT2D eigenvalue weighted by Crippen LogP contribution is 2.19. The lowest BCUT2D eigenvalue weighted by Gasteiger charge is -2.03. The fraction of sp³-hybridized carbons (Fsp3) is 0.0769. The minimum Gasteiger partial charge on any atom is -0.331 e. The molecule has 0 saturated carbocycles.